The van der Waals surface area contributed by atoms with E-state index in [0.717, 1.165) is 24.5 Å². The molecule has 1 aromatic rings. The van der Waals surface area contributed by atoms with Crippen molar-refractivity contribution >= 4 is 5.82 Å². The van der Waals surface area contributed by atoms with Gasteiger partial charge in [-0.3, -0.25) is 0 Å². The predicted molar refractivity (Wildman–Crippen MR) is 64.4 cm³/mol. The van der Waals surface area contributed by atoms with Gasteiger partial charge in [-0.25, -0.2) is 4.98 Å². The molecule has 16 heavy (non-hydrogen) atoms. The van der Waals surface area contributed by atoms with E-state index < -0.39 is 6.10 Å². The van der Waals surface area contributed by atoms with Crippen LogP contribution in [0.5, 0.6) is 0 Å². The second-order valence-electron chi connectivity index (χ2n) is 4.31. The fourth-order valence-corrected chi connectivity index (χ4v) is 2.03. The van der Waals surface area contributed by atoms with Crippen LogP contribution in [0.4, 0.5) is 5.82 Å². The number of aliphatic hydroxyl groups is 1. The van der Waals surface area contributed by atoms with Gasteiger partial charge in [0.2, 0.25) is 0 Å². The summed E-state index contributed by atoms with van der Waals surface area (Å²) in [7, 11) is 0. The summed E-state index contributed by atoms with van der Waals surface area (Å²) in [5.74, 6) is 1.04. The van der Waals surface area contributed by atoms with Gasteiger partial charge in [0.1, 0.15) is 5.82 Å². The van der Waals surface area contributed by atoms with Gasteiger partial charge in [0.25, 0.3) is 0 Å². The van der Waals surface area contributed by atoms with Crippen molar-refractivity contribution in [2.45, 2.75) is 25.4 Å². The Morgan fingerprint density at radius 2 is 2.12 bits per heavy atom. The molecule has 1 atom stereocenters. The molecule has 0 saturated carbocycles. The van der Waals surface area contributed by atoms with Gasteiger partial charge in [-0.2, -0.15) is 0 Å². The third-order valence-electron chi connectivity index (χ3n) is 2.98. The number of pyridine rings is 1. The minimum atomic E-state index is -0.459. The van der Waals surface area contributed by atoms with Crippen LogP contribution in [-0.4, -0.2) is 35.8 Å². The molecule has 4 nitrogen and oxygen atoms in total. The number of hydrogen-bond acceptors (Lipinski definition) is 4. The lowest BCUT2D eigenvalue weighted by Gasteiger charge is -2.16. The van der Waals surface area contributed by atoms with E-state index >= 15 is 0 Å². The van der Waals surface area contributed by atoms with Gasteiger partial charge < -0.3 is 15.7 Å². The zero-order chi connectivity index (χ0) is 11.4. The number of hydrogen-bond donors (Lipinski definition) is 2. The molecule has 0 spiro atoms. The zero-order valence-corrected chi connectivity index (χ0v) is 9.47. The number of aromatic nitrogens is 1. The van der Waals surface area contributed by atoms with E-state index in [1.807, 2.05) is 18.3 Å². The van der Waals surface area contributed by atoms with E-state index in [2.05, 4.69) is 9.88 Å². The highest BCUT2D eigenvalue weighted by molar-refractivity contribution is 5.40. The molecule has 2 rings (SSSR count). The van der Waals surface area contributed by atoms with E-state index in [0.29, 0.717) is 13.0 Å². The molecule has 1 aliphatic rings. The van der Waals surface area contributed by atoms with Crippen molar-refractivity contribution in [1.29, 1.82) is 0 Å². The van der Waals surface area contributed by atoms with Gasteiger partial charge in [0, 0.05) is 32.3 Å². The molecule has 1 saturated heterocycles. The highest BCUT2D eigenvalue weighted by Crippen LogP contribution is 2.17. The second kappa shape index (κ2) is 5.27. The van der Waals surface area contributed by atoms with E-state index in [1.54, 1.807) is 0 Å². The molecule has 0 aromatic carbocycles. The fraction of sp³-hybridized carbons (Fsp3) is 0.583. The molecule has 0 radical (unpaired) electrons. The molecule has 4 heteroatoms. The van der Waals surface area contributed by atoms with Crippen LogP contribution < -0.4 is 10.6 Å². The average Bonchev–Trinajstić information content (AvgIpc) is 2.83. The van der Waals surface area contributed by atoms with Crippen LogP contribution in [0, 0.1) is 0 Å². The van der Waals surface area contributed by atoms with Crippen LogP contribution in [0.25, 0.3) is 0 Å². The number of nitrogens with two attached hydrogens (primary N) is 1. The second-order valence-corrected chi connectivity index (χ2v) is 4.31. The molecule has 1 unspecified atom stereocenters. The first kappa shape index (κ1) is 11.4. The molecule has 3 N–H and O–H groups in total. The quantitative estimate of drug-likeness (QED) is 0.779. The Balaban J connectivity index is 1.98. The summed E-state index contributed by atoms with van der Waals surface area (Å²) in [5, 5.41) is 9.43. The Labute approximate surface area is 96.1 Å². The number of rotatable bonds is 4. The summed E-state index contributed by atoms with van der Waals surface area (Å²) in [6, 6.07) is 4.06. The Kier molecular flexibility index (Phi) is 3.74. The van der Waals surface area contributed by atoms with E-state index in [-0.39, 0.29) is 0 Å². The van der Waals surface area contributed by atoms with Gasteiger partial charge >= 0.3 is 0 Å². The topological polar surface area (TPSA) is 62.4 Å². The third-order valence-corrected chi connectivity index (χ3v) is 2.98. The summed E-state index contributed by atoms with van der Waals surface area (Å²) in [5.41, 5.74) is 6.41. The molecule has 0 bridgehead atoms. The first-order valence-corrected chi connectivity index (χ1v) is 5.87. The van der Waals surface area contributed by atoms with Crippen LogP contribution in [-0.2, 0) is 6.42 Å². The normalized spacial score (nSPS) is 17.8. The van der Waals surface area contributed by atoms with Gasteiger partial charge in [-0.1, -0.05) is 6.07 Å². The Morgan fingerprint density at radius 1 is 1.38 bits per heavy atom. The highest BCUT2D eigenvalue weighted by Gasteiger charge is 2.13. The van der Waals surface area contributed by atoms with E-state index in [4.69, 9.17) is 5.73 Å². The molecule has 88 valence electrons. The summed E-state index contributed by atoms with van der Waals surface area (Å²) in [6.45, 7) is 2.52. The van der Waals surface area contributed by atoms with Gasteiger partial charge in [0.15, 0.2) is 0 Å². The molecule has 2 heterocycles. The van der Waals surface area contributed by atoms with Crippen molar-refractivity contribution < 1.29 is 5.11 Å². The van der Waals surface area contributed by atoms with Crippen LogP contribution in [0.2, 0.25) is 0 Å². The van der Waals surface area contributed by atoms with Crippen LogP contribution in [0.3, 0.4) is 0 Å². The zero-order valence-electron chi connectivity index (χ0n) is 9.47. The van der Waals surface area contributed by atoms with Crippen molar-refractivity contribution in [1.82, 2.24) is 4.98 Å². The monoisotopic (exact) mass is 221 g/mol. The molecule has 1 aliphatic heterocycles. The average molecular weight is 221 g/mol. The number of nitrogens with zero attached hydrogens (tertiary/aromatic N) is 2. The molecule has 0 aliphatic carbocycles. The summed E-state index contributed by atoms with van der Waals surface area (Å²) in [4.78, 5) is 6.72. The van der Waals surface area contributed by atoms with Crippen molar-refractivity contribution in [3.63, 3.8) is 0 Å². The van der Waals surface area contributed by atoms with Crippen molar-refractivity contribution in [3.05, 3.63) is 23.9 Å². The molecule has 1 fully saturated rings. The lowest BCUT2D eigenvalue weighted by molar-refractivity contribution is 0.183. The lowest BCUT2D eigenvalue weighted by atomic mass is 10.1. The minimum absolute atomic E-state index is 0.299. The minimum Gasteiger partial charge on any atom is -0.391 e. The maximum absolute atomic E-state index is 9.43. The van der Waals surface area contributed by atoms with Crippen molar-refractivity contribution in [3.8, 4) is 0 Å². The first-order chi connectivity index (χ1) is 7.79. The van der Waals surface area contributed by atoms with Crippen molar-refractivity contribution in [2.24, 2.45) is 5.73 Å². The largest absolute Gasteiger partial charge is 0.391 e. The Hall–Kier alpha value is -1.13. The summed E-state index contributed by atoms with van der Waals surface area (Å²) in [6.07, 6.45) is 4.49. The van der Waals surface area contributed by atoms with Gasteiger partial charge in [-0.05, 0) is 24.5 Å². The first-order valence-electron chi connectivity index (χ1n) is 5.87. The predicted octanol–water partition coefficient (Wildman–Crippen LogP) is 0.544. The van der Waals surface area contributed by atoms with E-state index in [9.17, 15) is 5.11 Å². The van der Waals surface area contributed by atoms with Gasteiger partial charge in [-0.15, -0.1) is 0 Å². The van der Waals surface area contributed by atoms with Gasteiger partial charge in [0.05, 0.1) is 6.10 Å². The molecule has 0 amide bonds. The number of anilines is 1. The molecular formula is C12H19N3O. The standard InChI is InChI=1S/C12H19N3O/c13-8-11(16)7-10-3-4-12(14-9-10)15-5-1-2-6-15/h3-4,9,11,16H,1-2,5-8,13H2. The highest BCUT2D eigenvalue weighted by atomic mass is 16.3. The van der Waals surface area contributed by atoms with Crippen LogP contribution in [0.1, 0.15) is 18.4 Å². The summed E-state index contributed by atoms with van der Waals surface area (Å²) < 4.78 is 0. The fourth-order valence-electron chi connectivity index (χ4n) is 2.03. The van der Waals surface area contributed by atoms with Crippen molar-refractivity contribution in [2.75, 3.05) is 24.5 Å². The van der Waals surface area contributed by atoms with Crippen LogP contribution >= 0.6 is 0 Å². The Morgan fingerprint density at radius 3 is 2.69 bits per heavy atom. The van der Waals surface area contributed by atoms with E-state index in [1.165, 1.54) is 12.8 Å². The molecule has 1 aromatic heterocycles. The maximum atomic E-state index is 9.43. The number of aliphatic hydroxyl groups excluding tert-OH is 1. The maximum Gasteiger partial charge on any atom is 0.128 e. The lowest BCUT2D eigenvalue weighted by Crippen LogP contribution is -2.22. The molecular weight excluding hydrogens is 202 g/mol. The third kappa shape index (κ3) is 2.71. The SMILES string of the molecule is NCC(O)Cc1ccc(N2CCCC2)nc1. The van der Waals surface area contributed by atoms with Crippen LogP contribution in [0.15, 0.2) is 18.3 Å². The Bertz CT molecular complexity index is 320. The smallest absolute Gasteiger partial charge is 0.128 e. The summed E-state index contributed by atoms with van der Waals surface area (Å²) >= 11 is 0.